The number of nitrogens with zero attached hydrogens (tertiary/aromatic N) is 3. The molecule has 2 heterocycles. The smallest absolute Gasteiger partial charge is 0.157 e. The zero-order valence-corrected chi connectivity index (χ0v) is 16.1. The molecule has 0 saturated heterocycles. The van der Waals surface area contributed by atoms with E-state index in [0.29, 0.717) is 13.2 Å². The van der Waals surface area contributed by atoms with Crippen LogP contribution in [-0.2, 0) is 19.6 Å². The Morgan fingerprint density at radius 3 is 2.57 bits per heavy atom. The molecule has 142 valence electrons. The number of aromatic nitrogens is 3. The van der Waals surface area contributed by atoms with Gasteiger partial charge in [-0.05, 0) is 36.8 Å². The molecule has 0 radical (unpaired) electrons. The third-order valence-corrected chi connectivity index (χ3v) is 4.58. The molecule has 0 atom stereocenters. The Labute approximate surface area is 164 Å². The van der Waals surface area contributed by atoms with Gasteiger partial charge in [0.15, 0.2) is 5.76 Å². The van der Waals surface area contributed by atoms with Crippen molar-refractivity contribution in [2.45, 2.75) is 33.4 Å². The lowest BCUT2D eigenvalue weighted by Gasteiger charge is -2.06. The van der Waals surface area contributed by atoms with Crippen LogP contribution in [0.15, 0.2) is 71.4 Å². The largest absolute Gasteiger partial charge is 0.489 e. The molecule has 0 amide bonds. The third kappa shape index (κ3) is 4.14. The van der Waals surface area contributed by atoms with Gasteiger partial charge < -0.3 is 13.8 Å². The Balaban J connectivity index is 1.42. The predicted molar refractivity (Wildman–Crippen MR) is 108 cm³/mol. The number of benzene rings is 2. The van der Waals surface area contributed by atoms with Crippen molar-refractivity contribution in [3.63, 3.8) is 0 Å². The fourth-order valence-corrected chi connectivity index (χ4v) is 3.17. The molecule has 0 aliphatic heterocycles. The number of ether oxygens (including phenoxy) is 1. The second kappa shape index (κ2) is 8.13. The van der Waals surface area contributed by atoms with Crippen molar-refractivity contribution >= 4 is 0 Å². The van der Waals surface area contributed by atoms with Gasteiger partial charge in [0, 0.05) is 24.2 Å². The minimum absolute atomic E-state index is 0.554. The highest BCUT2D eigenvalue weighted by atomic mass is 16.5. The van der Waals surface area contributed by atoms with E-state index < -0.39 is 0 Å². The first-order valence-corrected chi connectivity index (χ1v) is 9.46. The quantitative estimate of drug-likeness (QED) is 0.456. The van der Waals surface area contributed by atoms with E-state index >= 15 is 0 Å². The first-order valence-electron chi connectivity index (χ1n) is 9.46. The molecule has 0 aliphatic rings. The van der Waals surface area contributed by atoms with Gasteiger partial charge in [-0.3, -0.25) is 0 Å². The lowest BCUT2D eigenvalue weighted by atomic mass is 10.1. The zero-order chi connectivity index (χ0) is 19.3. The molecule has 0 fully saturated rings. The lowest BCUT2D eigenvalue weighted by Crippen LogP contribution is -2.02. The minimum Gasteiger partial charge on any atom is -0.489 e. The minimum atomic E-state index is 0.554. The predicted octanol–water partition coefficient (Wildman–Crippen LogP) is 5.04. The number of hydrogen-bond donors (Lipinski definition) is 0. The van der Waals surface area contributed by atoms with Crippen molar-refractivity contribution in [1.29, 1.82) is 0 Å². The number of imidazole rings is 1. The maximum absolute atomic E-state index is 5.84. The molecule has 4 aromatic rings. The Morgan fingerprint density at radius 2 is 1.82 bits per heavy atom. The number of rotatable bonds is 7. The molecule has 0 aliphatic carbocycles. The second-order valence-corrected chi connectivity index (χ2v) is 6.76. The molecule has 28 heavy (non-hydrogen) atoms. The average Bonchev–Trinajstić information content (AvgIpc) is 3.34. The number of hydrogen-bond acceptors (Lipinski definition) is 4. The van der Waals surface area contributed by atoms with Gasteiger partial charge in [0.2, 0.25) is 0 Å². The lowest BCUT2D eigenvalue weighted by molar-refractivity contribution is 0.306. The van der Waals surface area contributed by atoms with Crippen LogP contribution in [0.25, 0.3) is 11.3 Å². The number of aryl methyl sites for hydroxylation is 2. The summed E-state index contributed by atoms with van der Waals surface area (Å²) in [4.78, 5) is 4.53. The van der Waals surface area contributed by atoms with Crippen molar-refractivity contribution in [2.75, 3.05) is 0 Å². The first-order chi connectivity index (χ1) is 13.7. The molecule has 2 aromatic heterocycles. The maximum Gasteiger partial charge on any atom is 0.157 e. The SMILES string of the molecule is CCc1nc(C)cn1Cc1cc(-c2ccc(OCc3ccccc3)cc2)no1. The van der Waals surface area contributed by atoms with Gasteiger partial charge in [0.25, 0.3) is 0 Å². The molecule has 0 unspecified atom stereocenters. The fourth-order valence-electron chi connectivity index (χ4n) is 3.17. The third-order valence-electron chi connectivity index (χ3n) is 4.58. The summed E-state index contributed by atoms with van der Waals surface area (Å²) in [5, 5.41) is 4.22. The van der Waals surface area contributed by atoms with E-state index in [2.05, 4.69) is 33.8 Å². The summed E-state index contributed by atoms with van der Waals surface area (Å²) in [6, 6.07) is 20.0. The summed E-state index contributed by atoms with van der Waals surface area (Å²) in [6.45, 7) is 5.29. The normalized spacial score (nSPS) is 10.9. The van der Waals surface area contributed by atoms with Gasteiger partial charge >= 0.3 is 0 Å². The van der Waals surface area contributed by atoms with Crippen LogP contribution in [-0.4, -0.2) is 14.7 Å². The average molecular weight is 373 g/mol. The fraction of sp³-hybridized carbons (Fsp3) is 0.217. The molecule has 4 rings (SSSR count). The monoisotopic (exact) mass is 373 g/mol. The highest BCUT2D eigenvalue weighted by Gasteiger charge is 2.10. The van der Waals surface area contributed by atoms with E-state index in [9.17, 15) is 0 Å². The Hall–Kier alpha value is -3.34. The zero-order valence-electron chi connectivity index (χ0n) is 16.1. The molecule has 2 aromatic carbocycles. The van der Waals surface area contributed by atoms with Gasteiger partial charge in [-0.2, -0.15) is 0 Å². The van der Waals surface area contributed by atoms with Gasteiger partial charge in [0.05, 0.1) is 12.2 Å². The molecule has 5 nitrogen and oxygen atoms in total. The van der Waals surface area contributed by atoms with Gasteiger partial charge in [0.1, 0.15) is 23.9 Å². The van der Waals surface area contributed by atoms with Crippen LogP contribution in [0.3, 0.4) is 0 Å². The van der Waals surface area contributed by atoms with E-state index in [-0.39, 0.29) is 0 Å². The van der Waals surface area contributed by atoms with Gasteiger partial charge in [-0.15, -0.1) is 0 Å². The Morgan fingerprint density at radius 1 is 1.04 bits per heavy atom. The van der Waals surface area contributed by atoms with Gasteiger partial charge in [-0.25, -0.2) is 4.98 Å². The van der Waals surface area contributed by atoms with Crippen LogP contribution in [0.2, 0.25) is 0 Å². The summed E-state index contributed by atoms with van der Waals surface area (Å²) < 4.78 is 13.5. The molecular formula is C23H23N3O2. The van der Waals surface area contributed by atoms with Crippen molar-refractivity contribution in [1.82, 2.24) is 14.7 Å². The summed E-state index contributed by atoms with van der Waals surface area (Å²) in [6.07, 6.45) is 2.93. The van der Waals surface area contributed by atoms with Gasteiger partial charge in [-0.1, -0.05) is 42.4 Å². The topological polar surface area (TPSA) is 53.1 Å². The van der Waals surface area contributed by atoms with Crippen molar-refractivity contribution < 1.29 is 9.26 Å². The van der Waals surface area contributed by atoms with Crippen molar-refractivity contribution in [2.24, 2.45) is 0 Å². The second-order valence-electron chi connectivity index (χ2n) is 6.76. The molecular weight excluding hydrogens is 350 g/mol. The van der Waals surface area contributed by atoms with Crippen LogP contribution in [0.1, 0.15) is 29.8 Å². The summed E-state index contributed by atoms with van der Waals surface area (Å²) in [7, 11) is 0. The molecule has 5 heteroatoms. The van der Waals surface area contributed by atoms with E-state index in [0.717, 1.165) is 46.3 Å². The maximum atomic E-state index is 5.84. The molecule has 0 N–H and O–H groups in total. The van der Waals surface area contributed by atoms with E-state index in [1.807, 2.05) is 61.7 Å². The van der Waals surface area contributed by atoms with E-state index in [4.69, 9.17) is 9.26 Å². The Bertz CT molecular complexity index is 1030. The van der Waals surface area contributed by atoms with Crippen LogP contribution in [0.5, 0.6) is 5.75 Å². The summed E-state index contributed by atoms with van der Waals surface area (Å²) in [5.41, 5.74) is 3.98. The Kier molecular flexibility index (Phi) is 5.24. The van der Waals surface area contributed by atoms with E-state index in [1.54, 1.807) is 0 Å². The van der Waals surface area contributed by atoms with Crippen LogP contribution < -0.4 is 4.74 Å². The van der Waals surface area contributed by atoms with Crippen LogP contribution in [0.4, 0.5) is 0 Å². The van der Waals surface area contributed by atoms with Crippen molar-refractivity contribution in [3.8, 4) is 17.0 Å². The summed E-state index contributed by atoms with van der Waals surface area (Å²) >= 11 is 0. The van der Waals surface area contributed by atoms with E-state index in [1.165, 1.54) is 0 Å². The molecule has 0 bridgehead atoms. The highest BCUT2D eigenvalue weighted by Crippen LogP contribution is 2.23. The van der Waals surface area contributed by atoms with Crippen LogP contribution in [0, 0.1) is 6.92 Å². The highest BCUT2D eigenvalue weighted by molar-refractivity contribution is 5.59. The van der Waals surface area contributed by atoms with Crippen LogP contribution >= 0.6 is 0 Å². The molecule has 0 saturated carbocycles. The standard InChI is InChI=1S/C23H23N3O2/c1-3-23-24-17(2)14-26(23)15-21-13-22(25-28-21)19-9-11-20(12-10-19)27-16-18-7-5-4-6-8-18/h4-14H,3,15-16H2,1-2H3. The first kappa shape index (κ1) is 18.0. The van der Waals surface area contributed by atoms with Crippen molar-refractivity contribution in [3.05, 3.63) is 89.7 Å². The molecule has 0 spiro atoms. The summed E-state index contributed by atoms with van der Waals surface area (Å²) in [5.74, 6) is 2.69.